The fourth-order valence-corrected chi connectivity index (χ4v) is 2.53. The number of benzene rings is 1. The number of aliphatic hydroxyl groups excluding tert-OH is 1. The molecule has 27 heavy (non-hydrogen) atoms. The van der Waals surface area contributed by atoms with Crippen molar-refractivity contribution >= 4 is 17.5 Å². The summed E-state index contributed by atoms with van der Waals surface area (Å²) in [5, 5.41) is 15.7. The van der Waals surface area contributed by atoms with E-state index < -0.39 is 0 Å². The first-order valence-corrected chi connectivity index (χ1v) is 8.75. The molecule has 7 heteroatoms. The summed E-state index contributed by atoms with van der Waals surface area (Å²) in [5.74, 6) is 0.604. The fraction of sp³-hybridized carbons (Fsp3) is 0.250. The van der Waals surface area contributed by atoms with Crippen molar-refractivity contribution in [1.82, 2.24) is 15.0 Å². The number of nitrogens with zero attached hydrogens (tertiary/aromatic N) is 3. The Morgan fingerprint density at radius 3 is 2.59 bits per heavy atom. The topological polar surface area (TPSA) is 83.0 Å². The van der Waals surface area contributed by atoms with Crippen LogP contribution in [0.25, 0.3) is 11.3 Å². The number of aliphatic hydroxyl groups is 1. The zero-order valence-corrected chi connectivity index (χ0v) is 15.2. The second-order valence-electron chi connectivity index (χ2n) is 6.49. The third-order valence-electron chi connectivity index (χ3n) is 4.14. The molecule has 0 spiro atoms. The zero-order valence-electron chi connectivity index (χ0n) is 15.2. The van der Waals surface area contributed by atoms with Crippen LogP contribution in [0.4, 0.5) is 21.8 Å². The van der Waals surface area contributed by atoms with E-state index in [-0.39, 0.29) is 24.4 Å². The van der Waals surface area contributed by atoms with E-state index in [0.29, 0.717) is 23.1 Å². The second kappa shape index (κ2) is 8.55. The highest BCUT2D eigenvalue weighted by molar-refractivity contribution is 5.67. The predicted molar refractivity (Wildman–Crippen MR) is 104 cm³/mol. The van der Waals surface area contributed by atoms with Crippen LogP contribution in [0.15, 0.2) is 54.9 Å². The molecule has 3 N–H and O–H groups in total. The van der Waals surface area contributed by atoms with E-state index in [0.717, 1.165) is 5.56 Å². The maximum atomic E-state index is 14.0. The molecule has 3 aromatic rings. The quantitative estimate of drug-likeness (QED) is 0.588. The minimum Gasteiger partial charge on any atom is -0.394 e. The molecule has 0 bridgehead atoms. The van der Waals surface area contributed by atoms with Crippen molar-refractivity contribution in [3.8, 4) is 11.3 Å². The Bertz CT molecular complexity index is 889. The maximum Gasteiger partial charge on any atom is 0.225 e. The van der Waals surface area contributed by atoms with E-state index in [4.69, 9.17) is 0 Å². The van der Waals surface area contributed by atoms with Crippen molar-refractivity contribution in [3.05, 3.63) is 60.7 Å². The summed E-state index contributed by atoms with van der Waals surface area (Å²) < 4.78 is 14.0. The first kappa shape index (κ1) is 18.7. The molecule has 0 aliphatic carbocycles. The minimum atomic E-state index is -0.371. The zero-order chi connectivity index (χ0) is 19.2. The van der Waals surface area contributed by atoms with Crippen LogP contribution >= 0.6 is 0 Å². The monoisotopic (exact) mass is 367 g/mol. The van der Waals surface area contributed by atoms with Gasteiger partial charge in [-0.3, -0.25) is 4.98 Å². The van der Waals surface area contributed by atoms with Crippen molar-refractivity contribution < 1.29 is 9.50 Å². The first-order valence-electron chi connectivity index (χ1n) is 8.75. The standard InChI is InChI=1S/C20H22FN5O/c1-13(2)18(12-27)25-20-24-17(14-6-5-9-22-11-14)10-19(26-20)23-16-8-4-3-7-15(16)21/h3-11,13,18,27H,12H2,1-2H3,(H2,23,24,25,26)/t18-/m1/s1. The Morgan fingerprint density at radius 2 is 1.93 bits per heavy atom. The number of hydrogen-bond acceptors (Lipinski definition) is 6. The molecule has 3 rings (SSSR count). The van der Waals surface area contributed by atoms with Gasteiger partial charge in [-0.1, -0.05) is 26.0 Å². The van der Waals surface area contributed by atoms with Gasteiger partial charge in [-0.25, -0.2) is 9.37 Å². The Morgan fingerprint density at radius 1 is 1.11 bits per heavy atom. The van der Waals surface area contributed by atoms with Crippen molar-refractivity contribution in [2.45, 2.75) is 19.9 Å². The van der Waals surface area contributed by atoms with Crippen molar-refractivity contribution in [2.75, 3.05) is 17.2 Å². The molecule has 1 aromatic carbocycles. The van der Waals surface area contributed by atoms with Gasteiger partial charge in [0, 0.05) is 24.0 Å². The Hall–Kier alpha value is -3.06. The SMILES string of the molecule is CC(C)[C@@H](CO)Nc1nc(Nc2ccccc2F)cc(-c2cccnc2)n1. The summed E-state index contributed by atoms with van der Waals surface area (Å²) in [6.07, 6.45) is 3.38. The molecule has 0 aliphatic heterocycles. The van der Waals surface area contributed by atoms with Crippen LogP contribution in [0.5, 0.6) is 0 Å². The summed E-state index contributed by atoms with van der Waals surface area (Å²) >= 11 is 0. The van der Waals surface area contributed by atoms with Gasteiger partial charge in [0.15, 0.2) is 0 Å². The molecule has 0 amide bonds. The van der Waals surface area contributed by atoms with Gasteiger partial charge in [0.2, 0.25) is 5.95 Å². The summed E-state index contributed by atoms with van der Waals surface area (Å²) in [5.41, 5.74) is 1.77. The normalized spacial score (nSPS) is 12.0. The van der Waals surface area contributed by atoms with E-state index in [2.05, 4.69) is 25.6 Å². The third kappa shape index (κ3) is 4.77. The fourth-order valence-electron chi connectivity index (χ4n) is 2.53. The van der Waals surface area contributed by atoms with Gasteiger partial charge in [-0.05, 0) is 30.2 Å². The van der Waals surface area contributed by atoms with E-state index in [1.165, 1.54) is 6.07 Å². The van der Waals surface area contributed by atoms with Gasteiger partial charge in [0.1, 0.15) is 11.6 Å². The number of nitrogens with one attached hydrogen (secondary N) is 2. The summed E-state index contributed by atoms with van der Waals surface area (Å²) in [4.78, 5) is 13.1. The summed E-state index contributed by atoms with van der Waals surface area (Å²) in [7, 11) is 0. The van der Waals surface area contributed by atoms with E-state index >= 15 is 0 Å². The van der Waals surface area contributed by atoms with Crippen LogP contribution in [0.1, 0.15) is 13.8 Å². The summed E-state index contributed by atoms with van der Waals surface area (Å²) in [6, 6.07) is 11.6. The number of aromatic nitrogens is 3. The highest BCUT2D eigenvalue weighted by atomic mass is 19.1. The number of hydrogen-bond donors (Lipinski definition) is 3. The van der Waals surface area contributed by atoms with Crippen LogP contribution < -0.4 is 10.6 Å². The van der Waals surface area contributed by atoms with Gasteiger partial charge in [-0.15, -0.1) is 0 Å². The van der Waals surface area contributed by atoms with Gasteiger partial charge >= 0.3 is 0 Å². The maximum absolute atomic E-state index is 14.0. The average Bonchev–Trinajstić information content (AvgIpc) is 2.68. The highest BCUT2D eigenvalue weighted by Gasteiger charge is 2.15. The van der Waals surface area contributed by atoms with Gasteiger partial charge in [0.25, 0.3) is 0 Å². The van der Waals surface area contributed by atoms with Crippen LogP contribution in [-0.2, 0) is 0 Å². The highest BCUT2D eigenvalue weighted by Crippen LogP contribution is 2.25. The van der Waals surface area contributed by atoms with Crippen LogP contribution in [-0.4, -0.2) is 32.7 Å². The van der Waals surface area contributed by atoms with E-state index in [1.807, 2.05) is 26.0 Å². The molecule has 0 unspecified atom stereocenters. The lowest BCUT2D eigenvalue weighted by Gasteiger charge is -2.20. The molecule has 6 nitrogen and oxygen atoms in total. The lowest BCUT2D eigenvalue weighted by Crippen LogP contribution is -2.30. The van der Waals surface area contributed by atoms with Crippen molar-refractivity contribution in [3.63, 3.8) is 0 Å². The van der Waals surface area contributed by atoms with Crippen LogP contribution in [0.3, 0.4) is 0 Å². The lowest BCUT2D eigenvalue weighted by molar-refractivity contribution is 0.248. The number of pyridine rings is 1. The number of para-hydroxylation sites is 1. The second-order valence-corrected chi connectivity index (χ2v) is 6.49. The minimum absolute atomic E-state index is 0.0474. The molecule has 0 radical (unpaired) electrons. The van der Waals surface area contributed by atoms with E-state index in [1.54, 1.807) is 36.7 Å². The Labute approximate surface area is 157 Å². The Balaban J connectivity index is 1.99. The van der Waals surface area contributed by atoms with Gasteiger partial charge < -0.3 is 15.7 Å². The molecule has 2 aromatic heterocycles. The lowest BCUT2D eigenvalue weighted by atomic mass is 10.1. The van der Waals surface area contributed by atoms with Crippen molar-refractivity contribution in [1.29, 1.82) is 0 Å². The largest absolute Gasteiger partial charge is 0.394 e. The molecule has 0 saturated heterocycles. The molecule has 2 heterocycles. The predicted octanol–water partition coefficient (Wildman–Crippen LogP) is 3.85. The first-order chi connectivity index (χ1) is 13.1. The van der Waals surface area contributed by atoms with Crippen LogP contribution in [0, 0.1) is 11.7 Å². The third-order valence-corrected chi connectivity index (χ3v) is 4.14. The molecule has 0 saturated carbocycles. The number of halogens is 1. The van der Waals surface area contributed by atoms with Crippen LogP contribution in [0.2, 0.25) is 0 Å². The number of rotatable bonds is 7. The molecule has 140 valence electrons. The van der Waals surface area contributed by atoms with Crippen molar-refractivity contribution in [2.24, 2.45) is 5.92 Å². The molecule has 0 fully saturated rings. The number of anilines is 3. The molecular formula is C20H22FN5O. The van der Waals surface area contributed by atoms with Gasteiger partial charge in [0.05, 0.1) is 24.0 Å². The summed E-state index contributed by atoms with van der Waals surface area (Å²) in [6.45, 7) is 3.95. The Kier molecular flexibility index (Phi) is 5.93. The van der Waals surface area contributed by atoms with E-state index in [9.17, 15) is 9.50 Å². The average molecular weight is 367 g/mol. The molecular weight excluding hydrogens is 345 g/mol. The smallest absolute Gasteiger partial charge is 0.225 e. The molecule has 1 atom stereocenters. The molecule has 0 aliphatic rings. The van der Waals surface area contributed by atoms with Gasteiger partial charge in [-0.2, -0.15) is 4.98 Å².